The number of aromatic nitrogens is 1. The van der Waals surface area contributed by atoms with Crippen LogP contribution in [0.15, 0.2) is 5.38 Å². The number of nitrogens with zero attached hydrogens (tertiary/aromatic N) is 1. The fourth-order valence-corrected chi connectivity index (χ4v) is 1.41. The largest absolute Gasteiger partial charge is 0.344 e. The number of hydrogen-bond acceptors (Lipinski definition) is 3. The molecule has 0 saturated carbocycles. The lowest BCUT2D eigenvalue weighted by Gasteiger charge is -2.00. The van der Waals surface area contributed by atoms with Gasteiger partial charge in [0.25, 0.3) is 12.3 Å². The standard InChI is InChI=1S/C7H8F2N2OS/c1-4-3-13-7(11-4)6(12)10-2-5(8)9/h3,5H,2H2,1H3,(H,10,12). The van der Waals surface area contributed by atoms with E-state index in [1.165, 1.54) is 0 Å². The van der Waals surface area contributed by atoms with Crippen molar-refractivity contribution in [3.8, 4) is 0 Å². The highest BCUT2D eigenvalue weighted by molar-refractivity contribution is 7.11. The van der Waals surface area contributed by atoms with Gasteiger partial charge >= 0.3 is 0 Å². The van der Waals surface area contributed by atoms with E-state index in [9.17, 15) is 13.6 Å². The molecule has 1 N–H and O–H groups in total. The molecule has 0 atom stereocenters. The summed E-state index contributed by atoms with van der Waals surface area (Å²) in [4.78, 5) is 14.9. The van der Waals surface area contributed by atoms with Crippen LogP contribution < -0.4 is 5.32 Å². The second-order valence-corrected chi connectivity index (χ2v) is 3.25. The van der Waals surface area contributed by atoms with Crippen LogP contribution in [0, 0.1) is 6.92 Å². The fourth-order valence-electron chi connectivity index (χ4n) is 0.704. The predicted molar refractivity (Wildman–Crippen MR) is 45.2 cm³/mol. The van der Waals surface area contributed by atoms with E-state index in [2.05, 4.69) is 10.3 Å². The van der Waals surface area contributed by atoms with Gasteiger partial charge < -0.3 is 5.32 Å². The number of aryl methyl sites for hydroxylation is 1. The summed E-state index contributed by atoms with van der Waals surface area (Å²) in [5.74, 6) is -0.543. The lowest BCUT2D eigenvalue weighted by Crippen LogP contribution is -2.28. The monoisotopic (exact) mass is 206 g/mol. The molecule has 0 aliphatic rings. The summed E-state index contributed by atoms with van der Waals surface area (Å²) in [6.45, 7) is 1.11. The van der Waals surface area contributed by atoms with Crippen LogP contribution >= 0.6 is 11.3 Å². The highest BCUT2D eigenvalue weighted by Crippen LogP contribution is 2.08. The van der Waals surface area contributed by atoms with Crippen LogP contribution in [-0.2, 0) is 0 Å². The Morgan fingerprint density at radius 3 is 2.92 bits per heavy atom. The lowest BCUT2D eigenvalue weighted by atomic mass is 10.5. The molecular formula is C7H8F2N2OS. The maximum Gasteiger partial charge on any atom is 0.280 e. The van der Waals surface area contributed by atoms with Crippen molar-refractivity contribution in [1.82, 2.24) is 10.3 Å². The molecule has 6 heteroatoms. The summed E-state index contributed by atoms with van der Waals surface area (Å²) in [7, 11) is 0. The predicted octanol–water partition coefficient (Wildman–Crippen LogP) is 1.45. The average molecular weight is 206 g/mol. The highest BCUT2D eigenvalue weighted by atomic mass is 32.1. The molecule has 3 nitrogen and oxygen atoms in total. The van der Waals surface area contributed by atoms with Crippen molar-refractivity contribution in [2.45, 2.75) is 13.3 Å². The number of alkyl halides is 2. The first-order valence-electron chi connectivity index (χ1n) is 3.58. The van der Waals surface area contributed by atoms with Crippen molar-refractivity contribution in [3.05, 3.63) is 16.1 Å². The Hall–Kier alpha value is -1.04. The summed E-state index contributed by atoms with van der Waals surface area (Å²) < 4.78 is 23.4. The first-order chi connectivity index (χ1) is 6.09. The second kappa shape index (κ2) is 4.27. The summed E-state index contributed by atoms with van der Waals surface area (Å²) >= 11 is 1.14. The third-order valence-electron chi connectivity index (χ3n) is 1.23. The van der Waals surface area contributed by atoms with Crippen molar-refractivity contribution in [1.29, 1.82) is 0 Å². The number of halogens is 2. The molecule has 0 fully saturated rings. The van der Waals surface area contributed by atoms with Gasteiger partial charge in [0.15, 0.2) is 5.01 Å². The Kier molecular flexibility index (Phi) is 3.30. The first kappa shape index (κ1) is 10.0. The number of nitrogens with one attached hydrogen (secondary N) is 1. The van der Waals surface area contributed by atoms with E-state index in [1.54, 1.807) is 12.3 Å². The fraction of sp³-hybridized carbons (Fsp3) is 0.429. The molecule has 0 bridgehead atoms. The van der Waals surface area contributed by atoms with Crippen molar-refractivity contribution >= 4 is 17.2 Å². The van der Waals surface area contributed by atoms with E-state index < -0.39 is 18.9 Å². The lowest BCUT2D eigenvalue weighted by molar-refractivity contribution is 0.0891. The Morgan fingerprint density at radius 2 is 2.46 bits per heavy atom. The van der Waals surface area contributed by atoms with Crippen molar-refractivity contribution in [3.63, 3.8) is 0 Å². The zero-order chi connectivity index (χ0) is 9.84. The average Bonchev–Trinajstić information content (AvgIpc) is 2.47. The summed E-state index contributed by atoms with van der Waals surface area (Å²) in [6.07, 6.45) is -2.52. The molecule has 0 radical (unpaired) electrons. The van der Waals surface area contributed by atoms with Crippen molar-refractivity contribution in [2.75, 3.05) is 6.54 Å². The molecule has 1 aromatic rings. The molecule has 1 rings (SSSR count). The van der Waals surface area contributed by atoms with Crippen molar-refractivity contribution < 1.29 is 13.6 Å². The van der Waals surface area contributed by atoms with Crippen LogP contribution in [0.25, 0.3) is 0 Å². The minimum absolute atomic E-state index is 0.221. The van der Waals surface area contributed by atoms with Gasteiger partial charge in [-0.25, -0.2) is 13.8 Å². The zero-order valence-electron chi connectivity index (χ0n) is 6.88. The number of carbonyl (C=O) groups excluding carboxylic acids is 1. The third-order valence-corrected chi connectivity index (χ3v) is 2.19. The summed E-state index contributed by atoms with van der Waals surface area (Å²) in [5, 5.41) is 3.98. The maximum absolute atomic E-state index is 11.7. The molecule has 1 heterocycles. The zero-order valence-corrected chi connectivity index (χ0v) is 7.70. The van der Waals surface area contributed by atoms with E-state index >= 15 is 0 Å². The number of hydrogen-bond donors (Lipinski definition) is 1. The smallest absolute Gasteiger partial charge is 0.280 e. The third kappa shape index (κ3) is 3.06. The van der Waals surface area contributed by atoms with Crippen LogP contribution in [0.1, 0.15) is 15.5 Å². The highest BCUT2D eigenvalue weighted by Gasteiger charge is 2.11. The molecule has 0 aromatic carbocycles. The molecule has 1 aromatic heterocycles. The van der Waals surface area contributed by atoms with Gasteiger partial charge in [0.2, 0.25) is 0 Å². The van der Waals surface area contributed by atoms with Crippen LogP contribution in [0.4, 0.5) is 8.78 Å². The first-order valence-corrected chi connectivity index (χ1v) is 4.46. The van der Waals surface area contributed by atoms with E-state index in [-0.39, 0.29) is 5.01 Å². The number of amides is 1. The van der Waals surface area contributed by atoms with Crippen LogP contribution in [0.3, 0.4) is 0 Å². The van der Waals surface area contributed by atoms with E-state index in [0.29, 0.717) is 5.69 Å². The van der Waals surface area contributed by atoms with Crippen molar-refractivity contribution in [2.24, 2.45) is 0 Å². The van der Waals surface area contributed by atoms with E-state index in [1.807, 2.05) is 0 Å². The number of rotatable bonds is 3. The van der Waals surface area contributed by atoms with Gasteiger partial charge in [-0.15, -0.1) is 11.3 Å². The minimum atomic E-state index is -2.52. The molecule has 0 aliphatic carbocycles. The molecule has 0 saturated heterocycles. The topological polar surface area (TPSA) is 42.0 Å². The van der Waals surface area contributed by atoms with Crippen LogP contribution in [-0.4, -0.2) is 23.9 Å². The van der Waals surface area contributed by atoms with Crippen LogP contribution in [0.2, 0.25) is 0 Å². The number of carbonyl (C=O) groups is 1. The van der Waals surface area contributed by atoms with Gasteiger partial charge in [-0.1, -0.05) is 0 Å². The summed E-state index contributed by atoms with van der Waals surface area (Å²) in [5.41, 5.74) is 0.715. The van der Waals surface area contributed by atoms with Gasteiger partial charge in [0.05, 0.1) is 6.54 Å². The van der Waals surface area contributed by atoms with E-state index in [0.717, 1.165) is 11.3 Å². The molecule has 0 unspecified atom stereocenters. The van der Waals surface area contributed by atoms with Gasteiger partial charge in [0.1, 0.15) is 0 Å². The molecule has 0 spiro atoms. The van der Waals surface area contributed by atoms with Gasteiger partial charge in [-0.3, -0.25) is 4.79 Å². The van der Waals surface area contributed by atoms with Crippen LogP contribution in [0.5, 0.6) is 0 Å². The minimum Gasteiger partial charge on any atom is -0.344 e. The molecule has 1 amide bonds. The molecular weight excluding hydrogens is 198 g/mol. The Morgan fingerprint density at radius 1 is 1.77 bits per heavy atom. The molecule has 72 valence electrons. The van der Waals surface area contributed by atoms with E-state index in [4.69, 9.17) is 0 Å². The van der Waals surface area contributed by atoms with Gasteiger partial charge in [-0.05, 0) is 6.92 Å². The second-order valence-electron chi connectivity index (χ2n) is 2.40. The SMILES string of the molecule is Cc1csc(C(=O)NCC(F)F)n1. The normalized spacial score (nSPS) is 10.5. The van der Waals surface area contributed by atoms with Gasteiger partial charge in [0, 0.05) is 11.1 Å². The number of thiazole rings is 1. The Balaban J connectivity index is 2.49. The van der Waals surface area contributed by atoms with Gasteiger partial charge in [-0.2, -0.15) is 0 Å². The molecule has 13 heavy (non-hydrogen) atoms. The molecule has 0 aliphatic heterocycles. The quantitative estimate of drug-likeness (QED) is 0.813. The Labute approximate surface area is 77.8 Å². The Bertz CT molecular complexity index is 300. The maximum atomic E-state index is 11.7. The summed E-state index contributed by atoms with van der Waals surface area (Å²) in [6, 6.07) is 0.